The predicted octanol–water partition coefficient (Wildman–Crippen LogP) is 7.18. The first-order chi connectivity index (χ1) is 15.7. The summed E-state index contributed by atoms with van der Waals surface area (Å²) >= 11 is 57.2. The van der Waals surface area contributed by atoms with Crippen LogP contribution >= 0.6 is 104 Å². The van der Waals surface area contributed by atoms with Gasteiger partial charge >= 0.3 is 0 Å². The van der Waals surface area contributed by atoms with Crippen LogP contribution in [0.3, 0.4) is 0 Å². The number of benzene rings is 1. The molecule has 3 N–H and O–H groups in total. The maximum absolute atomic E-state index is 6.46. The van der Waals surface area contributed by atoms with Crippen LogP contribution in [0.25, 0.3) is 6.08 Å². The van der Waals surface area contributed by atoms with Gasteiger partial charge in [0, 0.05) is 18.8 Å². The van der Waals surface area contributed by atoms with Gasteiger partial charge in [-0.2, -0.15) is 0 Å². The Hall–Kier alpha value is 1.25. The Morgan fingerprint density at radius 2 is 1.32 bits per heavy atom. The van der Waals surface area contributed by atoms with Crippen LogP contribution in [-0.2, 0) is 0 Å². The van der Waals surface area contributed by atoms with Crippen molar-refractivity contribution in [1.29, 1.82) is 0 Å². The summed E-state index contributed by atoms with van der Waals surface area (Å²) in [5.74, 6) is -0.468. The molecule has 0 amide bonds. The molecule has 34 heavy (non-hydrogen) atoms. The summed E-state index contributed by atoms with van der Waals surface area (Å²) in [4.78, 5) is 2.27. The Kier molecular flexibility index (Phi) is 11.1. The number of alkyl halides is 9. The number of anilines is 1. The molecule has 1 aromatic carbocycles. The van der Waals surface area contributed by atoms with Crippen molar-refractivity contribution in [3.63, 3.8) is 0 Å². The number of aryl methyl sites for hydroxylation is 1. The predicted molar refractivity (Wildman–Crippen MR) is 154 cm³/mol. The van der Waals surface area contributed by atoms with Gasteiger partial charge < -0.3 is 4.90 Å². The zero-order valence-electron chi connectivity index (χ0n) is 18.8. The number of nitrogens with zero attached hydrogens (tertiary/aromatic N) is 1. The third-order valence-electron chi connectivity index (χ3n) is 5.81. The number of hydrogen-bond donors (Lipinski definition) is 3. The van der Waals surface area contributed by atoms with Crippen molar-refractivity contribution < 1.29 is 0 Å². The number of halogens is 9. The summed E-state index contributed by atoms with van der Waals surface area (Å²) < 4.78 is -3.95. The van der Waals surface area contributed by atoms with Crippen molar-refractivity contribution in [1.82, 2.24) is 16.0 Å². The molecule has 1 saturated heterocycles. The van der Waals surface area contributed by atoms with E-state index < -0.39 is 24.6 Å². The van der Waals surface area contributed by atoms with Crippen LogP contribution in [0, 0.1) is 6.92 Å². The fourth-order valence-corrected chi connectivity index (χ4v) is 6.12. The van der Waals surface area contributed by atoms with Crippen LogP contribution < -0.4 is 20.9 Å². The Labute approximate surface area is 246 Å². The van der Waals surface area contributed by atoms with Crippen molar-refractivity contribution >= 4 is 116 Å². The summed E-state index contributed by atoms with van der Waals surface area (Å²) in [6.45, 7) is 8.09. The monoisotopic (exact) mass is 650 g/mol. The van der Waals surface area contributed by atoms with Gasteiger partial charge in [0.05, 0.1) is 17.6 Å². The summed E-state index contributed by atoms with van der Waals surface area (Å²) in [5.41, 5.74) is -1.20. The van der Waals surface area contributed by atoms with Crippen LogP contribution in [0.15, 0.2) is 24.3 Å². The quantitative estimate of drug-likeness (QED) is 0.260. The lowest BCUT2D eigenvalue weighted by Gasteiger charge is -2.60. The first kappa shape index (κ1) is 31.5. The van der Waals surface area contributed by atoms with Crippen LogP contribution in [0.2, 0.25) is 0 Å². The van der Waals surface area contributed by atoms with E-state index in [9.17, 15) is 0 Å². The third-order valence-corrected chi connectivity index (χ3v) is 8.97. The minimum atomic E-state index is -1.98. The van der Waals surface area contributed by atoms with Crippen molar-refractivity contribution in [2.75, 3.05) is 35.6 Å². The molecule has 194 valence electrons. The maximum Gasteiger partial charge on any atom is 0.222 e. The molecule has 0 saturated carbocycles. The average molecular weight is 655 g/mol. The Balaban J connectivity index is 2.59. The molecule has 1 fully saturated rings. The first-order valence-electron chi connectivity index (χ1n) is 10.4. The lowest BCUT2D eigenvalue weighted by Crippen LogP contribution is -2.91. The minimum absolute atomic E-state index is 0.0411. The lowest BCUT2D eigenvalue weighted by atomic mass is 9.96. The fourth-order valence-electron chi connectivity index (χ4n) is 3.85. The molecule has 13 heteroatoms. The number of rotatable bonds is 8. The fraction of sp³-hybridized carbons (Fsp3) is 0.619. The normalized spacial score (nSPS) is 28.5. The van der Waals surface area contributed by atoms with Gasteiger partial charge in [0.25, 0.3) is 0 Å². The van der Waals surface area contributed by atoms with Gasteiger partial charge in [-0.3, -0.25) is 16.0 Å². The van der Waals surface area contributed by atoms with Gasteiger partial charge in [-0.25, -0.2) is 0 Å². The molecule has 0 radical (unpaired) electrons. The van der Waals surface area contributed by atoms with Crippen LogP contribution in [0.1, 0.15) is 25.0 Å². The van der Waals surface area contributed by atoms with E-state index in [1.165, 1.54) is 0 Å². The molecule has 1 aliphatic rings. The van der Waals surface area contributed by atoms with E-state index in [0.29, 0.717) is 0 Å². The molecule has 0 aromatic heterocycles. The highest BCUT2D eigenvalue weighted by atomic mass is 35.6. The highest BCUT2D eigenvalue weighted by Gasteiger charge is 2.64. The van der Waals surface area contributed by atoms with Gasteiger partial charge in [0.15, 0.2) is 0 Å². The summed E-state index contributed by atoms with van der Waals surface area (Å²) in [5, 5.41) is 9.43. The summed E-state index contributed by atoms with van der Waals surface area (Å²) in [6.07, 6.45) is 3.68. The molecular weight excluding hydrogens is 627 g/mol. The van der Waals surface area contributed by atoms with E-state index in [1.54, 1.807) is 6.08 Å². The van der Waals surface area contributed by atoms with Crippen LogP contribution in [-0.4, -0.2) is 55.3 Å². The topological polar surface area (TPSA) is 39.3 Å². The van der Waals surface area contributed by atoms with E-state index in [-0.39, 0.29) is 17.6 Å². The Morgan fingerprint density at radius 3 is 1.68 bits per heavy atom. The second-order valence-electron chi connectivity index (χ2n) is 8.10. The smallest absolute Gasteiger partial charge is 0.222 e. The van der Waals surface area contributed by atoms with Crippen molar-refractivity contribution in [2.24, 2.45) is 0 Å². The maximum atomic E-state index is 6.46. The molecule has 2 rings (SSSR count). The molecule has 4 nitrogen and oxygen atoms in total. The zero-order chi connectivity index (χ0) is 26.0. The Bertz CT molecular complexity index is 837. The minimum Gasteiger partial charge on any atom is -0.372 e. The van der Waals surface area contributed by atoms with Gasteiger partial charge in [-0.05, 0) is 50.1 Å². The molecule has 0 spiro atoms. The van der Waals surface area contributed by atoms with Gasteiger partial charge in [-0.1, -0.05) is 81.7 Å². The van der Waals surface area contributed by atoms with Crippen LogP contribution in [0.5, 0.6) is 0 Å². The lowest BCUT2D eigenvalue weighted by molar-refractivity contribution is 0.0472. The van der Waals surface area contributed by atoms with Crippen LogP contribution in [0.4, 0.5) is 5.69 Å². The zero-order valence-corrected chi connectivity index (χ0v) is 25.6. The van der Waals surface area contributed by atoms with E-state index in [1.807, 2.05) is 19.1 Å². The molecule has 0 bridgehead atoms. The number of nitrogens with one attached hydrogen (secondary N) is 3. The van der Waals surface area contributed by atoms with E-state index >= 15 is 0 Å². The number of hydrogen-bond acceptors (Lipinski definition) is 4. The van der Waals surface area contributed by atoms with Crippen molar-refractivity contribution in [3.8, 4) is 0 Å². The first-order valence-corrected chi connectivity index (χ1v) is 14.3. The van der Waals surface area contributed by atoms with E-state index in [0.717, 1.165) is 29.9 Å². The second kappa shape index (κ2) is 12.0. The summed E-state index contributed by atoms with van der Waals surface area (Å²) in [6, 6.07) is 6.21. The molecule has 1 heterocycles. The van der Waals surface area contributed by atoms with Gasteiger partial charge in [0.2, 0.25) is 7.59 Å². The summed E-state index contributed by atoms with van der Waals surface area (Å²) in [7, 11) is 0. The Morgan fingerprint density at radius 1 is 0.824 bits per heavy atom. The molecule has 2 unspecified atom stereocenters. The van der Waals surface area contributed by atoms with Gasteiger partial charge in [-0.15, -0.1) is 34.8 Å². The van der Waals surface area contributed by atoms with Crippen molar-refractivity contribution in [2.45, 2.75) is 45.3 Å². The highest BCUT2D eigenvalue weighted by Crippen LogP contribution is 2.47. The van der Waals surface area contributed by atoms with Gasteiger partial charge in [0.1, 0.15) is 17.0 Å². The standard InChI is InChI=1S/C21H27Cl9N4/c1-4-34(5-2)16-7-6-15(14(3)10-16)8-9-17(11-22)31-18(12-23,20(25,26)27)33-19(13-24,32-17)21(28,29)30/h6-10,31-33H,4-5,11-13H2,1-3H3. The molecular formula is C21H27Cl9N4. The SMILES string of the molecule is CCN(CC)c1ccc(C=CC2(CCl)NC(CCl)(C(Cl)(Cl)Cl)NC(CCl)(C(Cl)(Cl)Cl)N2)c(C)c1. The van der Waals surface area contributed by atoms with E-state index in [2.05, 4.69) is 46.8 Å². The van der Waals surface area contributed by atoms with E-state index in [4.69, 9.17) is 104 Å². The second-order valence-corrected chi connectivity index (χ2v) is 13.5. The molecule has 0 aliphatic carbocycles. The van der Waals surface area contributed by atoms with Crippen molar-refractivity contribution in [3.05, 3.63) is 35.4 Å². The largest absolute Gasteiger partial charge is 0.372 e. The molecule has 1 aromatic rings. The third kappa shape index (κ3) is 6.45. The molecule has 2 atom stereocenters. The highest BCUT2D eigenvalue weighted by molar-refractivity contribution is 6.69. The average Bonchev–Trinajstić information content (AvgIpc) is 2.77. The molecule has 1 aliphatic heterocycles.